The molecule has 0 heterocycles. The molecule has 0 amide bonds. The van der Waals surface area contributed by atoms with Crippen LogP contribution in [0.3, 0.4) is 0 Å². The summed E-state index contributed by atoms with van der Waals surface area (Å²) in [5.41, 5.74) is 0.356. The number of nitro benzene ring substituents is 2. The van der Waals surface area contributed by atoms with Crippen molar-refractivity contribution in [3.63, 3.8) is 0 Å². The molecule has 2 rings (SSSR count). The highest BCUT2D eigenvalue weighted by Gasteiger charge is 2.13. The fourth-order valence-electron chi connectivity index (χ4n) is 2.28. The summed E-state index contributed by atoms with van der Waals surface area (Å²) >= 11 is 11.5. The van der Waals surface area contributed by atoms with Gasteiger partial charge in [-0.25, -0.2) is 8.42 Å². The summed E-state index contributed by atoms with van der Waals surface area (Å²) in [7, 11) is -3.48. The van der Waals surface area contributed by atoms with Gasteiger partial charge < -0.3 is 0 Å². The van der Waals surface area contributed by atoms with Crippen molar-refractivity contribution in [3.05, 3.63) is 90.0 Å². The van der Waals surface area contributed by atoms with Crippen LogP contribution in [-0.4, -0.2) is 29.8 Å². The molecule has 0 aliphatic rings. The molecule has 0 atom stereocenters. The van der Waals surface area contributed by atoms with Crippen molar-refractivity contribution in [1.29, 1.82) is 0 Å². The minimum absolute atomic E-state index is 0.00709. The van der Waals surface area contributed by atoms with E-state index in [-0.39, 0.29) is 32.9 Å². The molecule has 152 valence electrons. The fraction of sp³-hybridized carbons (Fsp3) is 0.111. The largest absolute Gasteiger partial charge is 0.288 e. The molecule has 0 bridgehead atoms. The second-order valence-corrected chi connectivity index (χ2v) is 8.79. The van der Waals surface area contributed by atoms with Gasteiger partial charge in [-0.05, 0) is 23.3 Å². The van der Waals surface area contributed by atoms with Crippen LogP contribution >= 0.6 is 23.2 Å². The molecule has 0 saturated heterocycles. The van der Waals surface area contributed by atoms with Crippen molar-refractivity contribution in [2.75, 3.05) is 11.5 Å². The lowest BCUT2D eigenvalue weighted by Crippen LogP contribution is -2.07. The van der Waals surface area contributed by atoms with E-state index >= 15 is 0 Å². The third-order valence-electron chi connectivity index (χ3n) is 3.65. The van der Waals surface area contributed by atoms with E-state index in [0.29, 0.717) is 11.1 Å². The van der Waals surface area contributed by atoms with Crippen molar-refractivity contribution in [1.82, 2.24) is 0 Å². The Balaban J connectivity index is 2.02. The van der Waals surface area contributed by atoms with Gasteiger partial charge in [0.05, 0.1) is 21.4 Å². The van der Waals surface area contributed by atoms with E-state index in [1.165, 1.54) is 60.7 Å². The molecular formula is C18H14Cl2N2O6S. The Morgan fingerprint density at radius 2 is 1.17 bits per heavy atom. The zero-order valence-electron chi connectivity index (χ0n) is 14.7. The first-order chi connectivity index (χ1) is 13.6. The summed E-state index contributed by atoms with van der Waals surface area (Å²) < 4.78 is 24.2. The molecule has 0 aromatic heterocycles. The Kier molecular flexibility index (Phi) is 7.49. The van der Waals surface area contributed by atoms with E-state index in [2.05, 4.69) is 0 Å². The minimum Gasteiger partial charge on any atom is -0.258 e. The standard InChI is InChI=1S/C18H14Cl2N2O6S/c19-15-7-5-13(11-17(15)21(23)24)3-1-9-29(27,28)10-2-4-14-6-8-16(20)18(12-14)22(25)26/h1-8,11-12H,9-10H2. The van der Waals surface area contributed by atoms with E-state index in [1.54, 1.807) is 0 Å². The van der Waals surface area contributed by atoms with Crippen LogP contribution in [-0.2, 0) is 9.84 Å². The van der Waals surface area contributed by atoms with Crippen molar-refractivity contribution in [2.24, 2.45) is 0 Å². The van der Waals surface area contributed by atoms with Crippen LogP contribution in [0.4, 0.5) is 11.4 Å². The molecule has 0 aliphatic heterocycles. The topological polar surface area (TPSA) is 120 Å². The predicted molar refractivity (Wildman–Crippen MR) is 113 cm³/mol. The average Bonchev–Trinajstić information content (AvgIpc) is 2.63. The van der Waals surface area contributed by atoms with Gasteiger partial charge in [-0.1, -0.05) is 59.6 Å². The van der Waals surface area contributed by atoms with E-state index in [1.807, 2.05) is 0 Å². The number of hydrogen-bond donors (Lipinski definition) is 0. The van der Waals surface area contributed by atoms with Gasteiger partial charge in [0.2, 0.25) is 0 Å². The van der Waals surface area contributed by atoms with Gasteiger partial charge in [0.25, 0.3) is 11.4 Å². The number of benzene rings is 2. The van der Waals surface area contributed by atoms with Crippen molar-refractivity contribution < 1.29 is 18.3 Å². The number of nitro groups is 2. The minimum atomic E-state index is -3.48. The lowest BCUT2D eigenvalue weighted by atomic mass is 10.2. The maximum absolute atomic E-state index is 12.1. The van der Waals surface area contributed by atoms with E-state index in [9.17, 15) is 28.6 Å². The lowest BCUT2D eigenvalue weighted by molar-refractivity contribution is -0.384. The highest BCUT2D eigenvalue weighted by Crippen LogP contribution is 2.26. The van der Waals surface area contributed by atoms with Crippen LogP contribution in [0.5, 0.6) is 0 Å². The first kappa shape index (κ1) is 22.5. The monoisotopic (exact) mass is 456 g/mol. The molecule has 0 fully saturated rings. The van der Waals surface area contributed by atoms with Crippen LogP contribution in [0.1, 0.15) is 11.1 Å². The maximum Gasteiger partial charge on any atom is 0.288 e. The van der Waals surface area contributed by atoms with Crippen LogP contribution in [0.2, 0.25) is 10.0 Å². The molecular weight excluding hydrogens is 443 g/mol. The van der Waals surface area contributed by atoms with Gasteiger partial charge in [-0.3, -0.25) is 20.2 Å². The van der Waals surface area contributed by atoms with Gasteiger partial charge in [0.1, 0.15) is 10.0 Å². The van der Waals surface area contributed by atoms with Crippen molar-refractivity contribution in [2.45, 2.75) is 0 Å². The number of nitrogens with zero attached hydrogens (tertiary/aromatic N) is 2. The third kappa shape index (κ3) is 6.67. The summed E-state index contributed by atoms with van der Waals surface area (Å²) in [6.45, 7) is 0. The second kappa shape index (κ2) is 9.64. The van der Waals surface area contributed by atoms with Gasteiger partial charge in [0, 0.05) is 12.1 Å². The second-order valence-electron chi connectivity index (χ2n) is 5.82. The molecule has 2 aromatic rings. The molecule has 11 heteroatoms. The fourth-order valence-corrected chi connectivity index (χ4v) is 3.56. The molecule has 0 spiro atoms. The summed E-state index contributed by atoms with van der Waals surface area (Å²) in [5, 5.41) is 21.7. The van der Waals surface area contributed by atoms with Crippen LogP contribution < -0.4 is 0 Å². The smallest absolute Gasteiger partial charge is 0.258 e. The number of hydrogen-bond acceptors (Lipinski definition) is 6. The Morgan fingerprint density at radius 3 is 1.52 bits per heavy atom. The Labute approximate surface area is 176 Å². The highest BCUT2D eigenvalue weighted by atomic mass is 35.5. The summed E-state index contributed by atoms with van der Waals surface area (Å²) in [5.74, 6) is -0.566. The number of sulfone groups is 1. The molecule has 29 heavy (non-hydrogen) atoms. The van der Waals surface area contributed by atoms with Gasteiger partial charge in [-0.2, -0.15) is 0 Å². The first-order valence-corrected chi connectivity index (χ1v) is 10.6. The van der Waals surface area contributed by atoms with E-state index < -0.39 is 19.7 Å². The van der Waals surface area contributed by atoms with Crippen LogP contribution in [0, 0.1) is 20.2 Å². The highest BCUT2D eigenvalue weighted by molar-refractivity contribution is 7.91. The molecule has 0 saturated carbocycles. The molecule has 0 unspecified atom stereocenters. The quantitative estimate of drug-likeness (QED) is 0.409. The summed E-state index contributed by atoms with van der Waals surface area (Å²) in [4.78, 5) is 20.5. The van der Waals surface area contributed by atoms with Gasteiger partial charge in [0.15, 0.2) is 9.84 Å². The molecule has 0 radical (unpaired) electrons. The zero-order valence-corrected chi connectivity index (χ0v) is 17.0. The van der Waals surface area contributed by atoms with E-state index in [0.717, 1.165) is 0 Å². The number of rotatable bonds is 8. The molecule has 0 N–H and O–H groups in total. The predicted octanol–water partition coefficient (Wildman–Crippen LogP) is 4.95. The van der Waals surface area contributed by atoms with Gasteiger partial charge >= 0.3 is 0 Å². The molecule has 2 aromatic carbocycles. The number of halogens is 2. The zero-order chi connectivity index (χ0) is 21.6. The van der Waals surface area contributed by atoms with Crippen molar-refractivity contribution >= 4 is 56.6 Å². The Morgan fingerprint density at radius 1 is 0.793 bits per heavy atom. The SMILES string of the molecule is O=[N+]([O-])c1cc(C=CCS(=O)(=O)CC=Cc2ccc(Cl)c([N+](=O)[O-])c2)ccc1Cl. The van der Waals surface area contributed by atoms with Crippen molar-refractivity contribution in [3.8, 4) is 0 Å². The summed E-state index contributed by atoms with van der Waals surface area (Å²) in [6, 6.07) is 8.29. The third-order valence-corrected chi connectivity index (χ3v) is 5.69. The Bertz CT molecular complexity index is 1030. The van der Waals surface area contributed by atoms with Gasteiger partial charge in [-0.15, -0.1) is 0 Å². The lowest BCUT2D eigenvalue weighted by Gasteiger charge is -1.99. The van der Waals surface area contributed by atoms with E-state index in [4.69, 9.17) is 23.2 Å². The first-order valence-electron chi connectivity index (χ1n) is 8.00. The molecule has 0 aliphatic carbocycles. The van der Waals surface area contributed by atoms with Crippen LogP contribution in [0.15, 0.2) is 48.6 Å². The maximum atomic E-state index is 12.1. The average molecular weight is 457 g/mol. The Hall–Kier alpha value is -2.75. The molecule has 8 nitrogen and oxygen atoms in total. The summed E-state index contributed by atoms with van der Waals surface area (Å²) in [6.07, 6.45) is 5.66. The van der Waals surface area contributed by atoms with Crippen LogP contribution in [0.25, 0.3) is 12.2 Å². The normalized spacial score (nSPS) is 11.9.